The molecule has 3 rings (SSSR count). The zero-order chi connectivity index (χ0) is 20.7. The molecule has 6 heteroatoms. The second-order valence-electron chi connectivity index (χ2n) is 7.92. The number of esters is 1. The highest BCUT2D eigenvalue weighted by Crippen LogP contribution is 2.25. The van der Waals surface area contributed by atoms with E-state index in [-0.39, 0.29) is 12.5 Å². The van der Waals surface area contributed by atoms with E-state index in [4.69, 9.17) is 9.72 Å². The molecular formula is C23H29N3O2S. The highest BCUT2D eigenvalue weighted by molar-refractivity contribution is 7.99. The van der Waals surface area contributed by atoms with Crippen LogP contribution in [0.5, 0.6) is 0 Å². The summed E-state index contributed by atoms with van der Waals surface area (Å²) in [6.07, 6.45) is 1.02. The van der Waals surface area contributed by atoms with Crippen LogP contribution in [0, 0.1) is 0 Å². The molecule has 3 aromatic rings. The smallest absolute Gasteiger partial charge is 0.326 e. The van der Waals surface area contributed by atoms with E-state index in [0.717, 1.165) is 41.5 Å². The van der Waals surface area contributed by atoms with Crippen LogP contribution in [0.25, 0.3) is 11.0 Å². The second-order valence-corrected chi connectivity index (χ2v) is 8.98. The van der Waals surface area contributed by atoms with Crippen LogP contribution in [0.2, 0.25) is 0 Å². The molecule has 0 radical (unpaired) electrons. The van der Waals surface area contributed by atoms with Crippen LogP contribution in [0.1, 0.15) is 32.8 Å². The van der Waals surface area contributed by atoms with Crippen molar-refractivity contribution in [2.75, 3.05) is 12.3 Å². The summed E-state index contributed by atoms with van der Waals surface area (Å²) in [6.45, 7) is 7.64. The molecule has 0 saturated carbocycles. The van der Waals surface area contributed by atoms with E-state index in [0.29, 0.717) is 0 Å². The summed E-state index contributed by atoms with van der Waals surface area (Å²) in [4.78, 5) is 17.1. The van der Waals surface area contributed by atoms with Crippen molar-refractivity contribution in [1.82, 2.24) is 14.9 Å². The summed E-state index contributed by atoms with van der Waals surface area (Å²) in [5.74, 6) is 0.687. The molecule has 154 valence electrons. The largest absolute Gasteiger partial charge is 0.459 e. The average Bonchev–Trinajstić information content (AvgIpc) is 3.01. The van der Waals surface area contributed by atoms with Gasteiger partial charge in [-0.3, -0.25) is 4.79 Å². The molecule has 5 nitrogen and oxygen atoms in total. The van der Waals surface area contributed by atoms with Gasteiger partial charge in [0.15, 0.2) is 5.16 Å². The Morgan fingerprint density at radius 1 is 1.10 bits per heavy atom. The first-order valence-electron chi connectivity index (χ1n) is 9.97. The SMILES string of the molecule is CC(C)(C)OC(=O)Cn1c(SCCCNCc2ccccc2)nc2ccccc21. The van der Waals surface area contributed by atoms with Gasteiger partial charge in [0, 0.05) is 12.3 Å². The molecule has 0 aliphatic heterocycles. The Hall–Kier alpha value is -2.31. The normalized spacial score (nSPS) is 11.7. The van der Waals surface area contributed by atoms with Crippen molar-refractivity contribution in [3.8, 4) is 0 Å². The minimum absolute atomic E-state index is 0.173. The quantitative estimate of drug-likeness (QED) is 0.316. The molecule has 0 aliphatic rings. The van der Waals surface area contributed by atoms with Gasteiger partial charge < -0.3 is 14.6 Å². The van der Waals surface area contributed by atoms with Gasteiger partial charge in [-0.05, 0) is 51.4 Å². The standard InChI is InChI=1S/C23H29N3O2S/c1-23(2,3)28-21(27)17-26-20-13-8-7-12-19(20)25-22(26)29-15-9-14-24-16-18-10-5-4-6-11-18/h4-8,10-13,24H,9,14-17H2,1-3H3. The number of hydrogen-bond donors (Lipinski definition) is 1. The molecule has 1 aromatic heterocycles. The lowest BCUT2D eigenvalue weighted by Gasteiger charge is -2.20. The van der Waals surface area contributed by atoms with Crippen LogP contribution >= 0.6 is 11.8 Å². The number of imidazole rings is 1. The third-order valence-electron chi connectivity index (χ3n) is 4.23. The zero-order valence-electron chi connectivity index (χ0n) is 17.4. The third-order valence-corrected chi connectivity index (χ3v) is 5.29. The topological polar surface area (TPSA) is 56.1 Å². The lowest BCUT2D eigenvalue weighted by atomic mass is 10.2. The van der Waals surface area contributed by atoms with E-state index in [9.17, 15) is 4.79 Å². The Balaban J connectivity index is 1.56. The van der Waals surface area contributed by atoms with E-state index in [1.54, 1.807) is 11.8 Å². The molecular weight excluding hydrogens is 382 g/mol. The van der Waals surface area contributed by atoms with Gasteiger partial charge in [-0.1, -0.05) is 54.2 Å². The van der Waals surface area contributed by atoms with E-state index in [1.807, 2.05) is 55.7 Å². The van der Waals surface area contributed by atoms with Crippen molar-refractivity contribution in [3.05, 3.63) is 60.2 Å². The fraction of sp³-hybridized carbons (Fsp3) is 0.391. The molecule has 0 fully saturated rings. The van der Waals surface area contributed by atoms with E-state index in [1.165, 1.54) is 5.56 Å². The Labute approximate surface area is 176 Å². The lowest BCUT2D eigenvalue weighted by molar-refractivity contribution is -0.155. The molecule has 0 atom stereocenters. The maximum atomic E-state index is 12.4. The van der Waals surface area contributed by atoms with Crippen LogP contribution < -0.4 is 5.32 Å². The average molecular weight is 412 g/mol. The van der Waals surface area contributed by atoms with Gasteiger partial charge in [-0.2, -0.15) is 0 Å². The summed E-state index contributed by atoms with van der Waals surface area (Å²) in [6, 6.07) is 18.3. The number of nitrogens with one attached hydrogen (secondary N) is 1. The molecule has 1 N–H and O–H groups in total. The van der Waals surface area contributed by atoms with Crippen molar-refractivity contribution in [1.29, 1.82) is 0 Å². The monoisotopic (exact) mass is 411 g/mol. The number of benzene rings is 2. The molecule has 0 saturated heterocycles. The van der Waals surface area contributed by atoms with E-state index in [2.05, 4.69) is 29.6 Å². The molecule has 0 aliphatic carbocycles. The molecule has 1 heterocycles. The van der Waals surface area contributed by atoms with Crippen molar-refractivity contribution < 1.29 is 9.53 Å². The first-order valence-corrected chi connectivity index (χ1v) is 11.0. The number of nitrogens with zero attached hydrogens (tertiary/aromatic N) is 2. The van der Waals surface area contributed by atoms with E-state index >= 15 is 0 Å². The summed E-state index contributed by atoms with van der Waals surface area (Å²) in [5.41, 5.74) is 2.66. The maximum Gasteiger partial charge on any atom is 0.326 e. The lowest BCUT2D eigenvalue weighted by Crippen LogP contribution is -2.26. The van der Waals surface area contributed by atoms with Crippen molar-refractivity contribution in [2.24, 2.45) is 0 Å². The third kappa shape index (κ3) is 6.61. The van der Waals surface area contributed by atoms with Crippen LogP contribution in [0.15, 0.2) is 59.8 Å². The molecule has 0 amide bonds. The predicted octanol–water partition coefficient (Wildman–Crippen LogP) is 4.65. The molecule has 29 heavy (non-hydrogen) atoms. The minimum atomic E-state index is -0.495. The van der Waals surface area contributed by atoms with Crippen molar-refractivity contribution >= 4 is 28.8 Å². The molecule has 0 bridgehead atoms. The number of thioether (sulfide) groups is 1. The molecule has 0 unspecified atom stereocenters. The second kappa shape index (κ2) is 9.94. The van der Waals surface area contributed by atoms with Gasteiger partial charge in [0.25, 0.3) is 0 Å². The Morgan fingerprint density at radius 3 is 2.59 bits per heavy atom. The van der Waals surface area contributed by atoms with Gasteiger partial charge in [-0.15, -0.1) is 0 Å². The maximum absolute atomic E-state index is 12.4. The number of rotatable bonds is 9. The first kappa shape index (κ1) is 21.4. The fourth-order valence-corrected chi connectivity index (χ4v) is 3.96. The van der Waals surface area contributed by atoms with Gasteiger partial charge >= 0.3 is 5.97 Å². The van der Waals surface area contributed by atoms with Crippen LogP contribution in [0.3, 0.4) is 0 Å². The van der Waals surface area contributed by atoms with Gasteiger partial charge in [0.1, 0.15) is 12.1 Å². The van der Waals surface area contributed by atoms with Crippen LogP contribution in [-0.4, -0.2) is 33.4 Å². The summed E-state index contributed by atoms with van der Waals surface area (Å²) in [7, 11) is 0. The Morgan fingerprint density at radius 2 is 1.83 bits per heavy atom. The summed E-state index contributed by atoms with van der Waals surface area (Å²) >= 11 is 1.68. The Kier molecular flexibility index (Phi) is 7.34. The summed E-state index contributed by atoms with van der Waals surface area (Å²) < 4.78 is 7.47. The summed E-state index contributed by atoms with van der Waals surface area (Å²) in [5, 5.41) is 4.33. The van der Waals surface area contributed by atoms with Crippen molar-refractivity contribution in [2.45, 2.75) is 51.0 Å². The van der Waals surface area contributed by atoms with Gasteiger partial charge in [0.2, 0.25) is 0 Å². The zero-order valence-corrected chi connectivity index (χ0v) is 18.2. The number of carbonyl (C=O) groups is 1. The van der Waals surface area contributed by atoms with Crippen molar-refractivity contribution in [3.63, 3.8) is 0 Å². The number of ether oxygens (including phenoxy) is 1. The number of hydrogen-bond acceptors (Lipinski definition) is 5. The number of para-hydroxylation sites is 2. The highest BCUT2D eigenvalue weighted by Gasteiger charge is 2.19. The van der Waals surface area contributed by atoms with E-state index < -0.39 is 5.60 Å². The Bertz CT molecular complexity index is 932. The fourth-order valence-electron chi connectivity index (χ4n) is 3.01. The number of carbonyl (C=O) groups excluding carboxylic acids is 1. The number of fused-ring (bicyclic) bond motifs is 1. The predicted molar refractivity (Wildman–Crippen MR) is 119 cm³/mol. The van der Waals surface area contributed by atoms with Gasteiger partial charge in [-0.25, -0.2) is 4.98 Å². The van der Waals surface area contributed by atoms with Crippen LogP contribution in [-0.2, 0) is 22.6 Å². The first-order chi connectivity index (χ1) is 13.9. The van der Waals surface area contributed by atoms with Crippen LogP contribution in [0.4, 0.5) is 0 Å². The molecule has 0 spiro atoms. The molecule has 2 aromatic carbocycles. The van der Waals surface area contributed by atoms with Gasteiger partial charge in [0.05, 0.1) is 11.0 Å². The highest BCUT2D eigenvalue weighted by atomic mass is 32.2. The number of aromatic nitrogens is 2. The minimum Gasteiger partial charge on any atom is -0.459 e.